The van der Waals surface area contributed by atoms with Gasteiger partial charge < -0.3 is 10.6 Å². The van der Waals surface area contributed by atoms with Gasteiger partial charge in [-0.1, -0.05) is 18.2 Å². The van der Waals surface area contributed by atoms with E-state index in [4.69, 9.17) is 0 Å². The van der Waals surface area contributed by atoms with Crippen molar-refractivity contribution < 1.29 is 18.0 Å². The maximum absolute atomic E-state index is 12.7. The second kappa shape index (κ2) is 6.94. The molecule has 0 saturated heterocycles. The number of hydrogen-bond acceptors (Lipinski definition) is 2. The van der Waals surface area contributed by atoms with Gasteiger partial charge in [-0.25, -0.2) is 0 Å². The summed E-state index contributed by atoms with van der Waals surface area (Å²) in [6.07, 6.45) is -2.75. The van der Waals surface area contributed by atoms with Gasteiger partial charge >= 0.3 is 6.18 Å². The first kappa shape index (κ1) is 15.2. The van der Waals surface area contributed by atoms with Crippen LogP contribution in [0.1, 0.15) is 12.0 Å². The van der Waals surface area contributed by atoms with E-state index in [0.29, 0.717) is 13.1 Å². The fourth-order valence-electron chi connectivity index (χ4n) is 1.46. The number of carbonyl (C=O) groups is 1. The molecule has 0 aliphatic heterocycles. The Morgan fingerprint density at radius 3 is 2.63 bits per heavy atom. The van der Waals surface area contributed by atoms with Gasteiger partial charge in [-0.15, -0.1) is 6.58 Å². The SMILES string of the molecule is C=CCNCCC(=O)Nc1ccccc1C(F)(F)F. The first-order valence-corrected chi connectivity index (χ1v) is 5.73. The quantitative estimate of drug-likeness (QED) is 0.617. The predicted molar refractivity (Wildman–Crippen MR) is 67.8 cm³/mol. The molecule has 0 unspecified atom stereocenters. The second-order valence-electron chi connectivity index (χ2n) is 3.83. The van der Waals surface area contributed by atoms with Crippen molar-refractivity contribution >= 4 is 11.6 Å². The van der Waals surface area contributed by atoms with Crippen LogP contribution in [-0.4, -0.2) is 19.0 Å². The Morgan fingerprint density at radius 1 is 1.32 bits per heavy atom. The van der Waals surface area contributed by atoms with E-state index in [0.717, 1.165) is 6.07 Å². The monoisotopic (exact) mass is 272 g/mol. The number of amides is 1. The van der Waals surface area contributed by atoms with Gasteiger partial charge in [0.05, 0.1) is 11.3 Å². The van der Waals surface area contributed by atoms with Gasteiger partial charge in [0.2, 0.25) is 5.91 Å². The number of halogens is 3. The number of nitrogens with one attached hydrogen (secondary N) is 2. The van der Waals surface area contributed by atoms with E-state index in [1.807, 2.05) is 0 Å². The van der Waals surface area contributed by atoms with Gasteiger partial charge in [-0.3, -0.25) is 4.79 Å². The number of benzene rings is 1. The highest BCUT2D eigenvalue weighted by Crippen LogP contribution is 2.34. The zero-order valence-corrected chi connectivity index (χ0v) is 10.3. The molecule has 1 aromatic rings. The summed E-state index contributed by atoms with van der Waals surface area (Å²) in [4.78, 5) is 11.5. The molecule has 0 fully saturated rings. The molecule has 0 radical (unpaired) electrons. The van der Waals surface area contributed by atoms with Crippen molar-refractivity contribution in [2.45, 2.75) is 12.6 Å². The van der Waals surface area contributed by atoms with E-state index in [9.17, 15) is 18.0 Å². The molecule has 0 heterocycles. The third-order valence-corrected chi connectivity index (χ3v) is 2.32. The summed E-state index contributed by atoms with van der Waals surface area (Å²) < 4.78 is 38.0. The molecule has 0 atom stereocenters. The number of alkyl halides is 3. The maximum Gasteiger partial charge on any atom is 0.418 e. The highest BCUT2D eigenvalue weighted by atomic mass is 19.4. The number of hydrogen-bond donors (Lipinski definition) is 2. The molecule has 0 aliphatic rings. The first-order valence-electron chi connectivity index (χ1n) is 5.73. The van der Waals surface area contributed by atoms with Crippen molar-refractivity contribution in [3.8, 4) is 0 Å². The smallest absolute Gasteiger partial charge is 0.325 e. The highest BCUT2D eigenvalue weighted by molar-refractivity contribution is 5.91. The van der Waals surface area contributed by atoms with Gasteiger partial charge in [0, 0.05) is 19.5 Å². The third kappa shape index (κ3) is 5.13. The van der Waals surface area contributed by atoms with Crippen LogP contribution in [0.25, 0.3) is 0 Å². The Bertz CT molecular complexity index is 444. The Balaban J connectivity index is 2.62. The molecule has 0 aromatic heterocycles. The summed E-state index contributed by atoms with van der Waals surface area (Å²) in [6, 6.07) is 4.90. The molecule has 0 aliphatic carbocycles. The highest BCUT2D eigenvalue weighted by Gasteiger charge is 2.33. The molecule has 1 aromatic carbocycles. The number of para-hydroxylation sites is 1. The van der Waals surface area contributed by atoms with Crippen molar-refractivity contribution in [2.75, 3.05) is 18.4 Å². The van der Waals surface area contributed by atoms with Crippen LogP contribution in [0.2, 0.25) is 0 Å². The van der Waals surface area contributed by atoms with E-state index >= 15 is 0 Å². The molecular weight excluding hydrogens is 257 g/mol. The standard InChI is InChI=1S/C13H15F3N2O/c1-2-8-17-9-7-12(19)18-11-6-4-3-5-10(11)13(14,15)16/h2-6,17H,1,7-9H2,(H,18,19). The van der Waals surface area contributed by atoms with Gasteiger partial charge in [-0.05, 0) is 12.1 Å². The van der Waals surface area contributed by atoms with E-state index in [1.165, 1.54) is 18.2 Å². The molecule has 0 bridgehead atoms. The minimum Gasteiger partial charge on any atom is -0.325 e. The molecule has 0 spiro atoms. The van der Waals surface area contributed by atoms with Gasteiger partial charge in [-0.2, -0.15) is 13.2 Å². The second-order valence-corrected chi connectivity index (χ2v) is 3.83. The van der Waals surface area contributed by atoms with Crippen LogP contribution in [0, 0.1) is 0 Å². The summed E-state index contributed by atoms with van der Waals surface area (Å²) in [5.74, 6) is -0.465. The number of carbonyl (C=O) groups excluding carboxylic acids is 1. The minimum atomic E-state index is -4.48. The van der Waals surface area contributed by atoms with E-state index < -0.39 is 17.6 Å². The first-order chi connectivity index (χ1) is 8.95. The topological polar surface area (TPSA) is 41.1 Å². The summed E-state index contributed by atoms with van der Waals surface area (Å²) >= 11 is 0. The van der Waals surface area contributed by atoms with Crippen molar-refractivity contribution in [3.05, 3.63) is 42.5 Å². The van der Waals surface area contributed by atoms with Gasteiger partial charge in [0.25, 0.3) is 0 Å². The Kier molecular flexibility index (Phi) is 5.57. The van der Waals surface area contributed by atoms with E-state index in [1.54, 1.807) is 6.08 Å². The lowest BCUT2D eigenvalue weighted by Gasteiger charge is -2.13. The Labute approximate surface area is 109 Å². The summed E-state index contributed by atoms with van der Waals surface area (Å²) in [5, 5.41) is 5.16. The molecule has 3 nitrogen and oxygen atoms in total. The molecule has 104 valence electrons. The van der Waals surface area contributed by atoms with Crippen molar-refractivity contribution in [1.82, 2.24) is 5.32 Å². The van der Waals surface area contributed by atoms with Crippen LogP contribution in [0.4, 0.5) is 18.9 Å². The lowest BCUT2D eigenvalue weighted by atomic mass is 10.1. The van der Waals surface area contributed by atoms with Crippen molar-refractivity contribution in [3.63, 3.8) is 0 Å². The molecule has 2 N–H and O–H groups in total. The van der Waals surface area contributed by atoms with E-state index in [2.05, 4.69) is 17.2 Å². The zero-order chi connectivity index (χ0) is 14.3. The Hall–Kier alpha value is -1.82. The van der Waals surface area contributed by atoms with Crippen LogP contribution >= 0.6 is 0 Å². The number of anilines is 1. The van der Waals surface area contributed by atoms with Crippen LogP contribution in [0.3, 0.4) is 0 Å². The van der Waals surface area contributed by atoms with Crippen LogP contribution in [0.5, 0.6) is 0 Å². The van der Waals surface area contributed by atoms with Crippen LogP contribution < -0.4 is 10.6 Å². The Morgan fingerprint density at radius 2 is 2.00 bits per heavy atom. The summed E-state index contributed by atoms with van der Waals surface area (Å²) in [5.41, 5.74) is -1.06. The van der Waals surface area contributed by atoms with Gasteiger partial charge in [0.1, 0.15) is 0 Å². The lowest BCUT2D eigenvalue weighted by molar-refractivity contribution is -0.137. The molecule has 6 heteroatoms. The van der Waals surface area contributed by atoms with Crippen molar-refractivity contribution in [1.29, 1.82) is 0 Å². The number of rotatable bonds is 6. The van der Waals surface area contributed by atoms with Crippen molar-refractivity contribution in [2.24, 2.45) is 0 Å². The summed E-state index contributed by atoms with van der Waals surface area (Å²) in [7, 11) is 0. The van der Waals surface area contributed by atoms with Crippen LogP contribution in [-0.2, 0) is 11.0 Å². The lowest BCUT2D eigenvalue weighted by Crippen LogP contribution is -2.22. The normalized spacial score (nSPS) is 11.1. The zero-order valence-electron chi connectivity index (χ0n) is 10.3. The predicted octanol–water partition coefficient (Wildman–Crippen LogP) is 2.81. The molecular formula is C13H15F3N2O. The fraction of sp³-hybridized carbons (Fsp3) is 0.308. The average Bonchev–Trinajstić information content (AvgIpc) is 2.34. The summed E-state index contributed by atoms with van der Waals surface area (Å²) in [6.45, 7) is 4.42. The van der Waals surface area contributed by atoms with Gasteiger partial charge in [0.15, 0.2) is 0 Å². The molecule has 1 amide bonds. The molecule has 19 heavy (non-hydrogen) atoms. The fourth-order valence-corrected chi connectivity index (χ4v) is 1.46. The van der Waals surface area contributed by atoms with E-state index in [-0.39, 0.29) is 12.1 Å². The largest absolute Gasteiger partial charge is 0.418 e. The molecule has 1 rings (SSSR count). The maximum atomic E-state index is 12.7. The molecule has 0 saturated carbocycles. The minimum absolute atomic E-state index is 0.0973. The average molecular weight is 272 g/mol. The van der Waals surface area contributed by atoms with Crippen LogP contribution in [0.15, 0.2) is 36.9 Å². The third-order valence-electron chi connectivity index (χ3n) is 2.32.